The number of para-hydroxylation sites is 1. The Balaban J connectivity index is 1.90. The highest BCUT2D eigenvalue weighted by Crippen LogP contribution is 2.35. The second-order valence-electron chi connectivity index (χ2n) is 6.15. The third-order valence-corrected chi connectivity index (χ3v) is 4.63. The van der Waals surface area contributed by atoms with Crippen LogP contribution in [-0.4, -0.2) is 16.3 Å². The van der Waals surface area contributed by atoms with Gasteiger partial charge < -0.3 is 5.32 Å². The van der Waals surface area contributed by atoms with Crippen LogP contribution in [0.1, 0.15) is 30.1 Å². The summed E-state index contributed by atoms with van der Waals surface area (Å²) >= 11 is 0. The number of aryl methyl sites for hydroxylation is 1. The molecule has 1 saturated heterocycles. The summed E-state index contributed by atoms with van der Waals surface area (Å²) < 4.78 is 2.10. The molecular weight excluding hydrogens is 282 g/mol. The molecule has 1 aliphatic heterocycles. The molecule has 4 rings (SSSR count). The summed E-state index contributed by atoms with van der Waals surface area (Å²) in [7, 11) is 0. The average molecular weight is 303 g/mol. The van der Waals surface area contributed by atoms with Crippen molar-refractivity contribution in [2.45, 2.75) is 25.8 Å². The monoisotopic (exact) mass is 303 g/mol. The van der Waals surface area contributed by atoms with Crippen LogP contribution >= 0.6 is 0 Å². The standard InChI is InChI=1S/C20H21N3/c1-15-8-5-6-11-17(15)18-14-22-23(16-9-3-2-4-10-16)20(18)19-12-7-13-21-19/h2-6,8-11,14,19,21H,7,12-13H2,1H3. The zero-order valence-electron chi connectivity index (χ0n) is 13.4. The molecule has 23 heavy (non-hydrogen) atoms. The summed E-state index contributed by atoms with van der Waals surface area (Å²) in [6, 6.07) is 19.3. The molecule has 3 aromatic rings. The lowest BCUT2D eigenvalue weighted by Gasteiger charge is -2.17. The number of rotatable bonds is 3. The summed E-state index contributed by atoms with van der Waals surface area (Å²) in [6.07, 6.45) is 4.40. The fraction of sp³-hybridized carbons (Fsp3) is 0.250. The Morgan fingerprint density at radius 2 is 1.78 bits per heavy atom. The summed E-state index contributed by atoms with van der Waals surface area (Å²) in [5.41, 5.74) is 6.21. The average Bonchev–Trinajstić information content (AvgIpc) is 3.25. The molecule has 0 amide bonds. The zero-order valence-corrected chi connectivity index (χ0v) is 13.4. The minimum absolute atomic E-state index is 0.368. The van der Waals surface area contributed by atoms with E-state index >= 15 is 0 Å². The number of benzene rings is 2. The highest BCUT2D eigenvalue weighted by atomic mass is 15.3. The Labute approximate surface area is 137 Å². The Morgan fingerprint density at radius 3 is 2.52 bits per heavy atom. The van der Waals surface area contributed by atoms with Crippen LogP contribution in [0.3, 0.4) is 0 Å². The number of aromatic nitrogens is 2. The predicted molar refractivity (Wildman–Crippen MR) is 93.7 cm³/mol. The van der Waals surface area contributed by atoms with Crippen LogP contribution < -0.4 is 5.32 Å². The van der Waals surface area contributed by atoms with Crippen molar-refractivity contribution in [1.29, 1.82) is 0 Å². The summed E-state index contributed by atoms with van der Waals surface area (Å²) in [4.78, 5) is 0. The van der Waals surface area contributed by atoms with Gasteiger partial charge in [-0.15, -0.1) is 0 Å². The summed E-state index contributed by atoms with van der Waals surface area (Å²) in [6.45, 7) is 3.25. The molecule has 0 saturated carbocycles. The van der Waals surface area contributed by atoms with E-state index in [9.17, 15) is 0 Å². The van der Waals surface area contributed by atoms with Gasteiger partial charge in [-0.25, -0.2) is 4.68 Å². The van der Waals surface area contributed by atoms with Gasteiger partial charge in [0.2, 0.25) is 0 Å². The normalized spacial score (nSPS) is 17.5. The quantitative estimate of drug-likeness (QED) is 0.783. The Kier molecular flexibility index (Phi) is 3.72. The molecule has 1 fully saturated rings. The molecule has 2 aromatic carbocycles. The van der Waals surface area contributed by atoms with Crippen molar-refractivity contribution in [3.63, 3.8) is 0 Å². The van der Waals surface area contributed by atoms with Gasteiger partial charge in [0.1, 0.15) is 0 Å². The van der Waals surface area contributed by atoms with Crippen LogP contribution in [0, 0.1) is 6.92 Å². The summed E-state index contributed by atoms with van der Waals surface area (Å²) in [5, 5.41) is 8.36. The molecule has 1 unspecified atom stereocenters. The van der Waals surface area contributed by atoms with Crippen LogP contribution in [0.4, 0.5) is 0 Å². The molecule has 0 spiro atoms. The van der Waals surface area contributed by atoms with E-state index in [0.717, 1.165) is 18.7 Å². The highest BCUT2D eigenvalue weighted by Gasteiger charge is 2.25. The van der Waals surface area contributed by atoms with Crippen LogP contribution in [0.2, 0.25) is 0 Å². The molecule has 1 aromatic heterocycles. The Bertz CT molecular complexity index is 799. The largest absolute Gasteiger partial charge is 0.309 e. The van der Waals surface area contributed by atoms with Crippen molar-refractivity contribution in [2.24, 2.45) is 0 Å². The molecule has 3 heteroatoms. The lowest BCUT2D eigenvalue weighted by Crippen LogP contribution is -2.17. The minimum Gasteiger partial charge on any atom is -0.309 e. The summed E-state index contributed by atoms with van der Waals surface area (Å²) in [5.74, 6) is 0. The number of hydrogen-bond donors (Lipinski definition) is 1. The van der Waals surface area contributed by atoms with E-state index in [2.05, 4.69) is 65.5 Å². The van der Waals surface area contributed by atoms with Crippen molar-refractivity contribution in [3.05, 3.63) is 72.1 Å². The molecule has 2 heterocycles. The first-order valence-electron chi connectivity index (χ1n) is 8.27. The van der Waals surface area contributed by atoms with Crippen molar-refractivity contribution < 1.29 is 0 Å². The lowest BCUT2D eigenvalue weighted by atomic mass is 9.97. The van der Waals surface area contributed by atoms with Gasteiger partial charge in [-0.1, -0.05) is 42.5 Å². The van der Waals surface area contributed by atoms with Crippen LogP contribution in [-0.2, 0) is 0 Å². The third-order valence-electron chi connectivity index (χ3n) is 4.63. The van der Waals surface area contributed by atoms with E-state index in [1.54, 1.807) is 0 Å². The molecule has 1 atom stereocenters. The van der Waals surface area contributed by atoms with Gasteiger partial charge in [0.05, 0.1) is 23.6 Å². The van der Waals surface area contributed by atoms with Gasteiger partial charge in [0, 0.05) is 5.56 Å². The maximum absolute atomic E-state index is 4.73. The maximum atomic E-state index is 4.73. The zero-order chi connectivity index (χ0) is 15.6. The topological polar surface area (TPSA) is 29.9 Å². The Hall–Kier alpha value is -2.39. The lowest BCUT2D eigenvalue weighted by molar-refractivity contribution is 0.601. The molecule has 3 nitrogen and oxygen atoms in total. The van der Waals surface area contributed by atoms with E-state index in [-0.39, 0.29) is 0 Å². The van der Waals surface area contributed by atoms with Gasteiger partial charge >= 0.3 is 0 Å². The SMILES string of the molecule is Cc1ccccc1-c1cnn(-c2ccccc2)c1C1CCCN1. The fourth-order valence-electron chi connectivity index (χ4n) is 3.47. The predicted octanol–water partition coefficient (Wildman–Crippen LogP) is 4.27. The number of hydrogen-bond acceptors (Lipinski definition) is 2. The van der Waals surface area contributed by atoms with E-state index < -0.39 is 0 Å². The van der Waals surface area contributed by atoms with Gasteiger partial charge in [-0.3, -0.25) is 0 Å². The minimum atomic E-state index is 0.368. The first-order chi connectivity index (χ1) is 11.3. The maximum Gasteiger partial charge on any atom is 0.0690 e. The molecule has 0 aliphatic carbocycles. The highest BCUT2D eigenvalue weighted by molar-refractivity contribution is 5.70. The van der Waals surface area contributed by atoms with Crippen molar-refractivity contribution in [3.8, 4) is 16.8 Å². The molecule has 116 valence electrons. The van der Waals surface area contributed by atoms with E-state index in [1.165, 1.54) is 28.8 Å². The first kappa shape index (κ1) is 14.2. The first-order valence-corrected chi connectivity index (χ1v) is 8.27. The second kappa shape index (κ2) is 6.01. The molecule has 1 aliphatic rings. The number of nitrogens with zero attached hydrogens (tertiary/aromatic N) is 2. The Morgan fingerprint density at radius 1 is 1.00 bits per heavy atom. The van der Waals surface area contributed by atoms with Crippen molar-refractivity contribution in [2.75, 3.05) is 6.54 Å². The van der Waals surface area contributed by atoms with E-state index in [0.29, 0.717) is 6.04 Å². The molecule has 0 bridgehead atoms. The van der Waals surface area contributed by atoms with Crippen molar-refractivity contribution >= 4 is 0 Å². The van der Waals surface area contributed by atoms with E-state index in [1.807, 2.05) is 12.3 Å². The van der Waals surface area contributed by atoms with Crippen LogP contribution in [0.5, 0.6) is 0 Å². The van der Waals surface area contributed by atoms with Gasteiger partial charge in [0.25, 0.3) is 0 Å². The van der Waals surface area contributed by atoms with Crippen LogP contribution in [0.25, 0.3) is 16.8 Å². The fourth-order valence-corrected chi connectivity index (χ4v) is 3.47. The van der Waals surface area contributed by atoms with Gasteiger partial charge in [-0.2, -0.15) is 5.10 Å². The van der Waals surface area contributed by atoms with Gasteiger partial charge in [0.15, 0.2) is 0 Å². The molecule has 1 N–H and O–H groups in total. The van der Waals surface area contributed by atoms with Crippen molar-refractivity contribution in [1.82, 2.24) is 15.1 Å². The third kappa shape index (κ3) is 2.57. The van der Waals surface area contributed by atoms with Crippen LogP contribution in [0.15, 0.2) is 60.8 Å². The molecule has 0 radical (unpaired) electrons. The smallest absolute Gasteiger partial charge is 0.0690 e. The number of nitrogens with one attached hydrogen (secondary N) is 1. The van der Waals surface area contributed by atoms with Gasteiger partial charge in [-0.05, 0) is 49.6 Å². The van der Waals surface area contributed by atoms with E-state index in [4.69, 9.17) is 5.10 Å². The second-order valence-corrected chi connectivity index (χ2v) is 6.15. The molecular formula is C20H21N3.